The fraction of sp³-hybridized carbons (Fsp3) is 0.455. The molecule has 0 aliphatic heterocycles. The first kappa shape index (κ1) is 35.8. The Kier molecular flexibility index (Phi) is 9.99. The molecule has 2 aromatic carbocycles. The Morgan fingerprint density at radius 3 is 1.32 bits per heavy atom. The second-order valence-electron chi connectivity index (χ2n) is 15.7. The van der Waals surface area contributed by atoms with Crippen LogP contribution in [0.4, 0.5) is 0 Å². The zero-order chi connectivity index (χ0) is 34.4. The van der Waals surface area contributed by atoms with Crippen molar-refractivity contribution in [1.29, 1.82) is 0 Å². The molecule has 0 radical (unpaired) electrons. The molecule has 47 heavy (non-hydrogen) atoms. The third kappa shape index (κ3) is 6.15. The second-order valence-corrected chi connectivity index (χ2v) is 18.9. The summed E-state index contributed by atoms with van der Waals surface area (Å²) in [6.45, 7) is 29.0. The van der Waals surface area contributed by atoms with E-state index in [1.807, 2.05) is 22.7 Å². The molecule has 0 saturated heterocycles. The zero-order valence-electron chi connectivity index (χ0n) is 30.9. The normalized spacial score (nSPS) is 14.4. The van der Waals surface area contributed by atoms with E-state index in [-0.39, 0.29) is 27.1 Å². The lowest BCUT2D eigenvalue weighted by molar-refractivity contribution is 0.312. The van der Waals surface area contributed by atoms with Crippen molar-refractivity contribution in [3.63, 3.8) is 0 Å². The monoisotopic (exact) mass is 680 g/mol. The van der Waals surface area contributed by atoms with Crippen LogP contribution in [-0.2, 0) is 39.9 Å². The predicted octanol–water partition coefficient (Wildman–Crippen LogP) is 13.6. The van der Waals surface area contributed by atoms with E-state index in [1.54, 1.807) is 4.88 Å². The van der Waals surface area contributed by atoms with Gasteiger partial charge in [0, 0.05) is 56.3 Å². The Labute approximate surface area is 298 Å². The maximum Gasteiger partial charge on any atom is 0.0362 e. The molecule has 250 valence electrons. The van der Waals surface area contributed by atoms with E-state index < -0.39 is 0 Å². The van der Waals surface area contributed by atoms with Gasteiger partial charge in [-0.15, -0.1) is 34.0 Å². The molecule has 0 spiro atoms. The lowest BCUT2D eigenvalue weighted by Gasteiger charge is -2.41. The van der Waals surface area contributed by atoms with Gasteiger partial charge in [-0.25, -0.2) is 0 Å². The number of aryl methyl sites for hydroxylation is 2. The van der Waals surface area contributed by atoms with Crippen LogP contribution in [0, 0.1) is 0 Å². The summed E-state index contributed by atoms with van der Waals surface area (Å²) in [7, 11) is 0. The molecule has 0 bridgehead atoms. The van der Waals surface area contributed by atoms with E-state index in [0.29, 0.717) is 0 Å². The highest BCUT2D eigenvalue weighted by atomic mass is 32.1. The molecule has 3 heterocycles. The molecule has 1 atom stereocenters. The van der Waals surface area contributed by atoms with Crippen LogP contribution in [0.1, 0.15) is 141 Å². The Balaban J connectivity index is 1.53. The summed E-state index contributed by atoms with van der Waals surface area (Å²) in [6, 6.07) is 32.0. The van der Waals surface area contributed by atoms with Crippen molar-refractivity contribution < 1.29 is 0 Å². The van der Waals surface area contributed by atoms with Crippen molar-refractivity contribution in [3.8, 4) is 0 Å². The average Bonchev–Trinajstić information content (AvgIpc) is 3.85. The van der Waals surface area contributed by atoms with Crippen LogP contribution >= 0.6 is 34.0 Å². The minimum absolute atomic E-state index is 0.0193. The number of hydrogen-bond acceptors (Lipinski definition) is 3. The largest absolute Gasteiger partial charge is 0.144 e. The average molecular weight is 681 g/mol. The van der Waals surface area contributed by atoms with Gasteiger partial charge >= 0.3 is 0 Å². The first-order chi connectivity index (χ1) is 22.0. The lowest BCUT2D eigenvalue weighted by atomic mass is 9.65. The van der Waals surface area contributed by atoms with Crippen molar-refractivity contribution in [3.05, 3.63) is 136 Å². The van der Waals surface area contributed by atoms with Gasteiger partial charge in [-0.3, -0.25) is 0 Å². The topological polar surface area (TPSA) is 0 Å². The van der Waals surface area contributed by atoms with Gasteiger partial charge in [0.1, 0.15) is 0 Å². The second kappa shape index (κ2) is 13.1. The maximum absolute atomic E-state index is 2.51. The van der Waals surface area contributed by atoms with E-state index in [1.165, 1.54) is 46.6 Å². The van der Waals surface area contributed by atoms with Crippen molar-refractivity contribution >= 4 is 34.0 Å². The van der Waals surface area contributed by atoms with Crippen LogP contribution in [0.15, 0.2) is 84.9 Å². The SMILES string of the molecule is CCc1cc(C(C)(C)c2ccccc2)sc1C(C)(CC)c1ccc(C(C)(C)C(C)(C)c2sc(C(C)(C)c3ccccc3)cc2CC)s1. The van der Waals surface area contributed by atoms with Crippen molar-refractivity contribution in [1.82, 2.24) is 0 Å². The summed E-state index contributed by atoms with van der Waals surface area (Å²) in [5.41, 5.74) is 5.61. The van der Waals surface area contributed by atoms with Crippen LogP contribution in [0.5, 0.6) is 0 Å². The van der Waals surface area contributed by atoms with E-state index in [0.717, 1.165) is 19.3 Å². The van der Waals surface area contributed by atoms with Crippen molar-refractivity contribution in [2.75, 3.05) is 0 Å². The first-order valence-electron chi connectivity index (χ1n) is 17.5. The molecule has 1 unspecified atom stereocenters. The molecule has 5 aromatic rings. The highest BCUT2D eigenvalue weighted by Gasteiger charge is 2.45. The molecule has 0 aliphatic rings. The van der Waals surface area contributed by atoms with Gasteiger partial charge in [-0.1, -0.05) is 137 Å². The predicted molar refractivity (Wildman–Crippen MR) is 212 cm³/mol. The summed E-state index contributed by atoms with van der Waals surface area (Å²) in [5, 5.41) is 0. The van der Waals surface area contributed by atoms with E-state index in [9.17, 15) is 0 Å². The molecular formula is C44H56S3. The molecule has 0 fully saturated rings. The summed E-state index contributed by atoms with van der Waals surface area (Å²) in [6.07, 6.45) is 3.20. The third-order valence-electron chi connectivity index (χ3n) is 11.7. The van der Waals surface area contributed by atoms with E-state index in [2.05, 4.69) is 179 Å². The van der Waals surface area contributed by atoms with Crippen molar-refractivity contribution in [2.24, 2.45) is 0 Å². The quantitative estimate of drug-likeness (QED) is 0.123. The molecule has 0 N–H and O–H groups in total. The van der Waals surface area contributed by atoms with Crippen LogP contribution in [-0.4, -0.2) is 0 Å². The fourth-order valence-corrected chi connectivity index (χ4v) is 11.8. The van der Waals surface area contributed by atoms with Crippen LogP contribution in [0.2, 0.25) is 0 Å². The van der Waals surface area contributed by atoms with Gasteiger partial charge in [-0.2, -0.15) is 0 Å². The third-order valence-corrected chi connectivity index (χ3v) is 17.0. The molecule has 3 aromatic heterocycles. The number of hydrogen-bond donors (Lipinski definition) is 0. The fourth-order valence-electron chi connectivity index (χ4n) is 7.00. The molecule has 5 rings (SSSR count). The molecule has 0 aliphatic carbocycles. The smallest absolute Gasteiger partial charge is 0.0362 e. The Morgan fingerprint density at radius 1 is 0.447 bits per heavy atom. The van der Waals surface area contributed by atoms with Gasteiger partial charge < -0.3 is 0 Å². The standard InChI is InChI=1S/C44H56S3/c1-13-30-28-36(40(4,5)32-22-18-16-19-23-32)46-38(30)43(10,11)42(8,9)34-26-27-35(45-34)44(12,15-3)39-31(14-2)29-37(47-39)41(6,7)33-24-20-17-21-25-33/h16-29H,13-15H2,1-12H3. The Bertz CT molecular complexity index is 1790. The van der Waals surface area contributed by atoms with E-state index >= 15 is 0 Å². The van der Waals surface area contributed by atoms with Crippen LogP contribution < -0.4 is 0 Å². The van der Waals surface area contributed by atoms with E-state index in [4.69, 9.17) is 0 Å². The molecule has 0 amide bonds. The number of rotatable bonds is 12. The molecule has 3 heteroatoms. The number of benzene rings is 2. The summed E-state index contributed by atoms with van der Waals surface area (Å²) >= 11 is 6.14. The zero-order valence-corrected chi connectivity index (χ0v) is 33.4. The maximum atomic E-state index is 2.51. The lowest BCUT2D eigenvalue weighted by Crippen LogP contribution is -2.39. The molecular weight excluding hydrogens is 625 g/mol. The van der Waals surface area contributed by atoms with Gasteiger partial charge in [-0.05, 0) is 72.7 Å². The number of thiophene rings is 3. The summed E-state index contributed by atoms with van der Waals surface area (Å²) in [5.74, 6) is 0. The first-order valence-corrected chi connectivity index (χ1v) is 20.0. The van der Waals surface area contributed by atoms with Gasteiger partial charge in [0.15, 0.2) is 0 Å². The molecule has 0 saturated carbocycles. The van der Waals surface area contributed by atoms with Gasteiger partial charge in [0.05, 0.1) is 0 Å². The van der Waals surface area contributed by atoms with Crippen molar-refractivity contribution in [2.45, 2.75) is 129 Å². The minimum atomic E-state index is -0.0446. The highest BCUT2D eigenvalue weighted by Crippen LogP contribution is 2.53. The summed E-state index contributed by atoms with van der Waals surface area (Å²) < 4.78 is 0. The van der Waals surface area contributed by atoms with Gasteiger partial charge in [0.2, 0.25) is 0 Å². The minimum Gasteiger partial charge on any atom is -0.144 e. The van der Waals surface area contributed by atoms with Crippen LogP contribution in [0.3, 0.4) is 0 Å². The Hall–Kier alpha value is -2.46. The summed E-state index contributed by atoms with van der Waals surface area (Å²) in [4.78, 5) is 8.99. The molecule has 0 nitrogen and oxygen atoms in total. The van der Waals surface area contributed by atoms with Crippen LogP contribution in [0.25, 0.3) is 0 Å². The highest BCUT2D eigenvalue weighted by molar-refractivity contribution is 7.14. The van der Waals surface area contributed by atoms with Gasteiger partial charge in [0.25, 0.3) is 0 Å². The Morgan fingerprint density at radius 2 is 0.872 bits per heavy atom.